The number of alkyl halides is 2. The van der Waals surface area contributed by atoms with Gasteiger partial charge in [-0.1, -0.05) is 25.8 Å². The molecule has 0 bridgehead atoms. The summed E-state index contributed by atoms with van der Waals surface area (Å²) in [6.45, 7) is 7.12. The van der Waals surface area contributed by atoms with Gasteiger partial charge in [0.05, 0.1) is 18.1 Å². The van der Waals surface area contributed by atoms with Crippen LogP contribution in [0.15, 0.2) is 24.5 Å². The normalized spacial score (nSPS) is 30.8. The van der Waals surface area contributed by atoms with E-state index in [-0.39, 0.29) is 55.2 Å². The number of aliphatic carboxylic acids is 1. The molecule has 7 atom stereocenters. The largest absolute Gasteiger partial charge is 1.00 e. The maximum atomic E-state index is 15.2. The molecule has 8 heteroatoms. The summed E-state index contributed by atoms with van der Waals surface area (Å²) in [5.41, 5.74) is 0. The molecule has 2 aliphatic rings. The summed E-state index contributed by atoms with van der Waals surface area (Å²) in [5, 5.41) is 31.3. The summed E-state index contributed by atoms with van der Waals surface area (Å²) >= 11 is 0. The SMILES string of the molecule is C=C[C@H](O)C(C)C(C#CCC)[C@@H]1[C@@H]2[C@H](C[C@H]1O)OC(=CCCCC(=O)[O-])C2(F)F.[Na+]. The maximum Gasteiger partial charge on any atom is 1.00 e. The molecule has 1 heterocycles. The number of hydrogen-bond donors (Lipinski definition) is 2. The van der Waals surface area contributed by atoms with Gasteiger partial charge in [-0.15, -0.1) is 12.5 Å². The van der Waals surface area contributed by atoms with Crippen LogP contribution in [0.4, 0.5) is 8.78 Å². The second-order valence-corrected chi connectivity index (χ2v) is 7.80. The first kappa shape index (κ1) is 27.1. The molecule has 1 saturated heterocycles. The Morgan fingerprint density at radius 3 is 2.73 bits per heavy atom. The van der Waals surface area contributed by atoms with E-state index < -0.39 is 59.6 Å². The average molecular weight is 434 g/mol. The minimum Gasteiger partial charge on any atom is -0.550 e. The fourth-order valence-electron chi connectivity index (χ4n) is 4.38. The third-order valence-electron chi connectivity index (χ3n) is 5.88. The van der Waals surface area contributed by atoms with Crippen LogP contribution in [0.3, 0.4) is 0 Å². The molecule has 1 aliphatic heterocycles. The Morgan fingerprint density at radius 2 is 2.17 bits per heavy atom. The molecule has 0 radical (unpaired) electrons. The summed E-state index contributed by atoms with van der Waals surface area (Å²) in [4.78, 5) is 10.5. The topological polar surface area (TPSA) is 89.8 Å². The number of hydrogen-bond acceptors (Lipinski definition) is 5. The summed E-state index contributed by atoms with van der Waals surface area (Å²) < 4.78 is 36.0. The Kier molecular flexibility index (Phi) is 10.5. The third-order valence-corrected chi connectivity index (χ3v) is 5.88. The van der Waals surface area contributed by atoms with E-state index in [0.717, 1.165) is 0 Å². The number of carboxylic acids is 1. The molecule has 30 heavy (non-hydrogen) atoms. The average Bonchev–Trinajstić information content (AvgIpc) is 3.11. The van der Waals surface area contributed by atoms with Crippen LogP contribution in [0.2, 0.25) is 0 Å². The Labute approximate surface area is 198 Å². The first-order chi connectivity index (χ1) is 13.6. The summed E-state index contributed by atoms with van der Waals surface area (Å²) in [5.74, 6) is -2.38. The van der Waals surface area contributed by atoms with Gasteiger partial charge in [-0.25, -0.2) is 0 Å². The molecule has 1 aliphatic carbocycles. The van der Waals surface area contributed by atoms with Gasteiger partial charge >= 0.3 is 35.5 Å². The molecular formula is C22H29F2NaO5. The molecule has 0 amide bonds. The van der Waals surface area contributed by atoms with Crippen molar-refractivity contribution in [1.29, 1.82) is 0 Å². The van der Waals surface area contributed by atoms with Crippen LogP contribution in [0.1, 0.15) is 46.0 Å². The van der Waals surface area contributed by atoms with Crippen LogP contribution in [0.5, 0.6) is 0 Å². The zero-order valence-corrected chi connectivity index (χ0v) is 19.8. The predicted molar refractivity (Wildman–Crippen MR) is 101 cm³/mol. The van der Waals surface area contributed by atoms with Gasteiger partial charge in [-0.3, -0.25) is 0 Å². The quantitative estimate of drug-likeness (QED) is 0.222. The van der Waals surface area contributed by atoms with Gasteiger partial charge in [0.25, 0.3) is 0 Å². The van der Waals surface area contributed by atoms with Crippen molar-refractivity contribution in [3.05, 3.63) is 24.5 Å². The summed E-state index contributed by atoms with van der Waals surface area (Å²) in [6, 6.07) is 0. The number of carboxylic acid groups (broad SMARTS) is 1. The van der Waals surface area contributed by atoms with Crippen molar-refractivity contribution in [1.82, 2.24) is 0 Å². The van der Waals surface area contributed by atoms with Crippen molar-refractivity contribution in [3.63, 3.8) is 0 Å². The number of aliphatic hydroxyl groups is 2. The van der Waals surface area contributed by atoms with Crippen LogP contribution < -0.4 is 34.7 Å². The summed E-state index contributed by atoms with van der Waals surface area (Å²) in [7, 11) is 0. The minimum absolute atomic E-state index is 0. The molecule has 2 fully saturated rings. The van der Waals surface area contributed by atoms with E-state index in [1.165, 1.54) is 12.2 Å². The Morgan fingerprint density at radius 1 is 1.50 bits per heavy atom. The molecule has 1 saturated carbocycles. The number of allylic oxidation sites excluding steroid dienone is 2. The van der Waals surface area contributed by atoms with E-state index in [1.54, 1.807) is 6.92 Å². The van der Waals surface area contributed by atoms with Gasteiger partial charge in [0.2, 0.25) is 0 Å². The number of carbonyl (C=O) groups excluding carboxylic acids is 1. The van der Waals surface area contributed by atoms with Crippen molar-refractivity contribution >= 4 is 5.97 Å². The van der Waals surface area contributed by atoms with Crippen LogP contribution in [0.25, 0.3) is 0 Å². The first-order valence-corrected chi connectivity index (χ1v) is 10.1. The van der Waals surface area contributed by atoms with E-state index in [1.807, 2.05) is 6.92 Å². The zero-order chi connectivity index (χ0) is 21.8. The monoisotopic (exact) mass is 434 g/mol. The van der Waals surface area contributed by atoms with Gasteiger partial charge in [0.15, 0.2) is 5.76 Å². The van der Waals surface area contributed by atoms with Crippen LogP contribution in [-0.4, -0.2) is 40.4 Å². The second-order valence-electron chi connectivity index (χ2n) is 7.80. The van der Waals surface area contributed by atoms with Gasteiger partial charge in [-0.2, -0.15) is 8.78 Å². The first-order valence-electron chi connectivity index (χ1n) is 10.1. The Bertz CT molecular complexity index is 699. The number of rotatable bonds is 8. The van der Waals surface area contributed by atoms with Gasteiger partial charge in [0.1, 0.15) is 6.10 Å². The van der Waals surface area contributed by atoms with Crippen molar-refractivity contribution in [2.24, 2.45) is 23.7 Å². The van der Waals surface area contributed by atoms with Gasteiger partial charge < -0.3 is 24.9 Å². The standard InChI is InChI=1S/C22H30F2O5.Na/c1-4-6-9-14(13(3)15(25)5-2)20-16(26)12-17-21(20)22(23,24)18(29-17)10-7-8-11-19(27)28;/h5,10,13-17,20-21,25-26H,2,4,7-8,11-12H2,1,3H3,(H,27,28);/q;+1/p-1/t13?,14?,15-,16+,17-,20-,21-;/m0./s1. The van der Waals surface area contributed by atoms with Crippen molar-refractivity contribution in [3.8, 4) is 11.8 Å². The fourth-order valence-corrected chi connectivity index (χ4v) is 4.38. The molecule has 0 aromatic heterocycles. The molecule has 162 valence electrons. The van der Waals surface area contributed by atoms with Crippen molar-refractivity contribution in [2.45, 2.75) is 70.2 Å². The number of carbonyl (C=O) groups is 1. The molecule has 0 aromatic rings. The van der Waals surface area contributed by atoms with Crippen molar-refractivity contribution < 1.29 is 63.2 Å². The van der Waals surface area contributed by atoms with Gasteiger partial charge in [-0.05, 0) is 31.3 Å². The molecule has 2 N–H and O–H groups in total. The van der Waals surface area contributed by atoms with E-state index >= 15 is 8.78 Å². The second kappa shape index (κ2) is 11.6. The number of halogens is 2. The third kappa shape index (κ3) is 5.86. The minimum atomic E-state index is -3.31. The van der Waals surface area contributed by atoms with E-state index in [0.29, 0.717) is 6.42 Å². The van der Waals surface area contributed by atoms with Gasteiger partial charge in [0, 0.05) is 30.6 Å². The fraction of sp³-hybridized carbons (Fsp3) is 0.682. The number of unbranched alkanes of at least 4 members (excludes halogenated alkanes) is 1. The van der Waals surface area contributed by atoms with Crippen molar-refractivity contribution in [2.75, 3.05) is 0 Å². The molecule has 2 rings (SSSR count). The van der Waals surface area contributed by atoms with E-state index in [4.69, 9.17) is 4.74 Å². The van der Waals surface area contributed by atoms with Crippen LogP contribution in [-0.2, 0) is 9.53 Å². The maximum absolute atomic E-state index is 15.2. The Balaban J connectivity index is 0.00000450. The smallest absolute Gasteiger partial charge is 0.550 e. The molecule has 0 aromatic carbocycles. The predicted octanol–water partition coefficient (Wildman–Crippen LogP) is -0.962. The van der Waals surface area contributed by atoms with E-state index in [9.17, 15) is 20.1 Å². The number of fused-ring (bicyclic) bond motifs is 1. The Hall–Kier alpha value is -0.910. The zero-order valence-electron chi connectivity index (χ0n) is 17.8. The molecule has 0 spiro atoms. The molecule has 2 unspecified atom stereocenters. The number of ether oxygens (including phenoxy) is 1. The van der Waals surface area contributed by atoms with E-state index in [2.05, 4.69) is 18.4 Å². The number of aliphatic hydroxyl groups excluding tert-OH is 2. The van der Waals surface area contributed by atoms with Crippen LogP contribution >= 0.6 is 0 Å². The molecular weight excluding hydrogens is 405 g/mol. The van der Waals surface area contributed by atoms with Crippen LogP contribution in [0, 0.1) is 35.5 Å². The summed E-state index contributed by atoms with van der Waals surface area (Å²) in [6.07, 6.45) is 0.458. The molecule has 5 nitrogen and oxygen atoms in total.